The van der Waals surface area contributed by atoms with Gasteiger partial charge in [0.15, 0.2) is 6.29 Å². The second-order valence-electron chi connectivity index (χ2n) is 4.10. The van der Waals surface area contributed by atoms with Gasteiger partial charge in [-0.2, -0.15) is 0 Å². The van der Waals surface area contributed by atoms with E-state index >= 15 is 0 Å². The van der Waals surface area contributed by atoms with Crippen LogP contribution in [-0.2, 0) is 6.42 Å². The summed E-state index contributed by atoms with van der Waals surface area (Å²) in [5.74, 6) is 0.949. The molecule has 0 atom stereocenters. The van der Waals surface area contributed by atoms with Gasteiger partial charge < -0.3 is 4.74 Å². The van der Waals surface area contributed by atoms with Gasteiger partial charge in [0.2, 0.25) is 0 Å². The summed E-state index contributed by atoms with van der Waals surface area (Å²) in [7, 11) is 0. The Hall–Kier alpha value is -1.68. The predicted molar refractivity (Wildman–Crippen MR) is 72.6 cm³/mol. The number of hydrogen-bond donors (Lipinski definition) is 0. The fourth-order valence-electron chi connectivity index (χ4n) is 1.76. The smallest absolute Gasteiger partial charge is 0.169 e. The molecule has 2 aromatic rings. The molecule has 1 aromatic heterocycles. The molecule has 1 heterocycles. The second-order valence-corrected chi connectivity index (χ2v) is 5.05. The Morgan fingerprint density at radius 2 is 2.06 bits per heavy atom. The Bertz CT molecular complexity index is 528. The van der Waals surface area contributed by atoms with Crippen LogP contribution in [0.1, 0.15) is 26.6 Å². The van der Waals surface area contributed by atoms with Crippen molar-refractivity contribution in [2.24, 2.45) is 0 Å². The molecule has 0 N–H and O–H groups in total. The molecule has 0 aliphatic heterocycles. The van der Waals surface area contributed by atoms with Crippen molar-refractivity contribution in [2.75, 3.05) is 6.61 Å². The number of carbonyl (C=O) groups is 1. The largest absolute Gasteiger partial charge is 0.493 e. The maximum Gasteiger partial charge on any atom is 0.169 e. The number of carbonyl (C=O) groups excluding carboxylic acids is 1. The van der Waals surface area contributed by atoms with E-state index in [0.717, 1.165) is 34.6 Å². The van der Waals surface area contributed by atoms with Crippen LogP contribution in [0.3, 0.4) is 0 Å². The molecular weight excluding hydrogens is 246 g/mol. The summed E-state index contributed by atoms with van der Waals surface area (Å²) in [5, 5.41) is 2.70. The highest BCUT2D eigenvalue weighted by atomic mass is 32.1. The number of thiazole rings is 1. The molecule has 0 radical (unpaired) electrons. The minimum Gasteiger partial charge on any atom is -0.493 e. The van der Waals surface area contributed by atoms with Crippen LogP contribution < -0.4 is 4.74 Å². The minimum absolute atomic E-state index is 0.502. The van der Waals surface area contributed by atoms with E-state index < -0.39 is 0 Å². The van der Waals surface area contributed by atoms with E-state index in [9.17, 15) is 4.79 Å². The molecule has 1 aromatic carbocycles. The second kappa shape index (κ2) is 5.78. The Morgan fingerprint density at radius 1 is 1.33 bits per heavy atom. The fraction of sp³-hybridized carbons (Fsp3) is 0.286. The zero-order chi connectivity index (χ0) is 13.0. The molecule has 0 unspecified atom stereocenters. The molecule has 0 aliphatic rings. The summed E-state index contributed by atoms with van der Waals surface area (Å²) < 4.78 is 5.79. The standard InChI is InChI=1S/C14H15NO2S/c1-10-4-3-5-11(2)14(10)17-7-6-13-15-12(8-16)9-18-13/h3-5,8-9H,6-7H2,1-2H3. The van der Waals surface area contributed by atoms with Gasteiger partial charge >= 0.3 is 0 Å². The van der Waals surface area contributed by atoms with E-state index in [-0.39, 0.29) is 0 Å². The number of aryl methyl sites for hydroxylation is 2. The van der Waals surface area contributed by atoms with Gasteiger partial charge in [-0.25, -0.2) is 4.98 Å². The van der Waals surface area contributed by atoms with Crippen molar-refractivity contribution >= 4 is 17.6 Å². The third kappa shape index (κ3) is 2.96. The average molecular weight is 261 g/mol. The molecule has 4 heteroatoms. The zero-order valence-electron chi connectivity index (χ0n) is 10.5. The van der Waals surface area contributed by atoms with Crippen LogP contribution in [0.2, 0.25) is 0 Å². The van der Waals surface area contributed by atoms with Gasteiger partial charge in [0, 0.05) is 11.8 Å². The van der Waals surface area contributed by atoms with Gasteiger partial charge in [-0.05, 0) is 25.0 Å². The van der Waals surface area contributed by atoms with Crippen LogP contribution in [0, 0.1) is 13.8 Å². The lowest BCUT2D eigenvalue weighted by Gasteiger charge is -2.10. The number of rotatable bonds is 5. The van der Waals surface area contributed by atoms with Crippen LogP contribution in [-0.4, -0.2) is 17.9 Å². The average Bonchev–Trinajstić information content (AvgIpc) is 2.81. The lowest BCUT2D eigenvalue weighted by Crippen LogP contribution is -2.03. The molecule has 3 nitrogen and oxygen atoms in total. The maximum atomic E-state index is 10.5. The first-order valence-corrected chi connectivity index (χ1v) is 6.67. The molecule has 0 saturated heterocycles. The van der Waals surface area contributed by atoms with Crippen LogP contribution >= 0.6 is 11.3 Å². The van der Waals surface area contributed by atoms with Gasteiger partial charge in [-0.15, -0.1) is 11.3 Å². The van der Waals surface area contributed by atoms with Crippen LogP contribution in [0.15, 0.2) is 23.6 Å². The third-order valence-electron chi connectivity index (χ3n) is 2.66. The highest BCUT2D eigenvalue weighted by Crippen LogP contribution is 2.22. The molecule has 2 rings (SSSR count). The molecular formula is C14H15NO2S. The Morgan fingerprint density at radius 3 is 2.67 bits per heavy atom. The van der Waals surface area contributed by atoms with Gasteiger partial charge in [0.1, 0.15) is 11.4 Å². The summed E-state index contributed by atoms with van der Waals surface area (Å²) in [4.78, 5) is 14.7. The van der Waals surface area contributed by atoms with Gasteiger partial charge in [0.25, 0.3) is 0 Å². The van der Waals surface area contributed by atoms with Crippen molar-refractivity contribution < 1.29 is 9.53 Å². The molecule has 18 heavy (non-hydrogen) atoms. The third-order valence-corrected chi connectivity index (χ3v) is 3.59. The molecule has 0 fully saturated rings. The topological polar surface area (TPSA) is 39.2 Å². The number of ether oxygens (including phenoxy) is 1. The quantitative estimate of drug-likeness (QED) is 0.776. The predicted octanol–water partition coefficient (Wildman–Crippen LogP) is 3.19. The minimum atomic E-state index is 0.502. The number of benzene rings is 1. The van der Waals surface area contributed by atoms with Crippen molar-refractivity contribution in [3.63, 3.8) is 0 Å². The van der Waals surface area contributed by atoms with Gasteiger partial charge in [-0.1, -0.05) is 18.2 Å². The first kappa shape index (κ1) is 12.8. The fourth-order valence-corrected chi connectivity index (χ4v) is 2.49. The van der Waals surface area contributed by atoms with Gasteiger partial charge in [0.05, 0.1) is 11.6 Å². The lowest BCUT2D eigenvalue weighted by atomic mass is 10.1. The summed E-state index contributed by atoms with van der Waals surface area (Å²) in [5.41, 5.74) is 2.78. The van der Waals surface area contributed by atoms with E-state index in [1.165, 1.54) is 11.3 Å². The summed E-state index contributed by atoms with van der Waals surface area (Å²) in [6, 6.07) is 6.10. The van der Waals surface area contributed by atoms with E-state index in [1.54, 1.807) is 5.38 Å². The normalized spacial score (nSPS) is 10.3. The summed E-state index contributed by atoms with van der Waals surface area (Å²) in [6.07, 6.45) is 1.50. The first-order valence-electron chi connectivity index (χ1n) is 5.79. The summed E-state index contributed by atoms with van der Waals surface area (Å²) >= 11 is 1.50. The molecule has 94 valence electrons. The van der Waals surface area contributed by atoms with E-state index in [0.29, 0.717) is 12.3 Å². The SMILES string of the molecule is Cc1cccc(C)c1OCCc1nc(C=O)cs1. The molecule has 0 bridgehead atoms. The highest BCUT2D eigenvalue weighted by Gasteiger charge is 2.05. The summed E-state index contributed by atoms with van der Waals surface area (Å²) in [6.45, 7) is 4.66. The monoisotopic (exact) mass is 261 g/mol. The van der Waals surface area contributed by atoms with Crippen molar-refractivity contribution in [3.8, 4) is 5.75 Å². The van der Waals surface area contributed by atoms with Crippen LogP contribution in [0.5, 0.6) is 5.75 Å². The van der Waals surface area contributed by atoms with Crippen molar-refractivity contribution in [1.29, 1.82) is 0 Å². The van der Waals surface area contributed by atoms with Crippen LogP contribution in [0.4, 0.5) is 0 Å². The first-order chi connectivity index (χ1) is 8.70. The van der Waals surface area contributed by atoms with Gasteiger partial charge in [-0.3, -0.25) is 4.79 Å². The Labute approximate surface area is 110 Å². The van der Waals surface area contributed by atoms with E-state index in [2.05, 4.69) is 4.98 Å². The zero-order valence-corrected chi connectivity index (χ0v) is 11.3. The van der Waals surface area contributed by atoms with Crippen molar-refractivity contribution in [2.45, 2.75) is 20.3 Å². The molecule has 0 aliphatic carbocycles. The molecule has 0 spiro atoms. The number of aromatic nitrogens is 1. The Balaban J connectivity index is 1.94. The van der Waals surface area contributed by atoms with E-state index in [1.807, 2.05) is 32.0 Å². The number of hydrogen-bond acceptors (Lipinski definition) is 4. The van der Waals surface area contributed by atoms with Crippen molar-refractivity contribution in [3.05, 3.63) is 45.4 Å². The lowest BCUT2D eigenvalue weighted by molar-refractivity contribution is 0.111. The van der Waals surface area contributed by atoms with Crippen LogP contribution in [0.25, 0.3) is 0 Å². The number of nitrogens with zero attached hydrogens (tertiary/aromatic N) is 1. The maximum absolute atomic E-state index is 10.5. The number of aldehydes is 1. The molecule has 0 saturated carbocycles. The van der Waals surface area contributed by atoms with E-state index in [4.69, 9.17) is 4.74 Å². The molecule has 0 amide bonds. The Kier molecular flexibility index (Phi) is 4.10. The van der Waals surface area contributed by atoms with Crippen molar-refractivity contribution in [1.82, 2.24) is 4.98 Å². The number of para-hydroxylation sites is 1. The highest BCUT2D eigenvalue weighted by molar-refractivity contribution is 7.09.